The minimum atomic E-state index is -2.32. The van der Waals surface area contributed by atoms with Crippen molar-refractivity contribution in [2.45, 2.75) is 20.4 Å². The highest BCUT2D eigenvalue weighted by molar-refractivity contribution is 6.71. The van der Waals surface area contributed by atoms with Gasteiger partial charge >= 0.3 is 14.5 Å². The van der Waals surface area contributed by atoms with Crippen LogP contribution in [0.1, 0.15) is 13.8 Å². The molecule has 0 aliphatic heterocycles. The Hall–Kier alpha value is -0.653. The lowest BCUT2D eigenvalue weighted by Crippen LogP contribution is -2.35. The fourth-order valence-corrected chi connectivity index (χ4v) is 2.21. The summed E-state index contributed by atoms with van der Waals surface area (Å²) in [6, 6.07) is 0. The van der Waals surface area contributed by atoms with Crippen LogP contribution in [0.2, 0.25) is 6.55 Å². The zero-order valence-corrected chi connectivity index (χ0v) is 10.4. The van der Waals surface area contributed by atoms with Crippen molar-refractivity contribution in [3.8, 4) is 0 Å². The van der Waals surface area contributed by atoms with Crippen molar-refractivity contribution in [3.63, 3.8) is 0 Å². The zero-order valence-electron chi connectivity index (χ0n) is 9.42. The molecule has 0 bridgehead atoms. The third-order valence-corrected chi connectivity index (χ3v) is 4.47. The van der Waals surface area contributed by atoms with Crippen LogP contribution < -0.4 is 0 Å². The van der Waals surface area contributed by atoms with E-state index in [4.69, 9.17) is 13.6 Å². The van der Waals surface area contributed by atoms with Crippen molar-refractivity contribution in [1.29, 1.82) is 0 Å². The van der Waals surface area contributed by atoms with Gasteiger partial charge in [-0.3, -0.25) is 0 Å². The Morgan fingerprint density at radius 2 is 1.86 bits per heavy atom. The Balaban J connectivity index is 4.55. The van der Waals surface area contributed by atoms with Crippen LogP contribution in [0.4, 0.5) is 0 Å². The minimum Gasteiger partial charge on any atom is -0.463 e. The molecule has 4 nitrogen and oxygen atoms in total. The summed E-state index contributed by atoms with van der Waals surface area (Å²) >= 11 is 0. The van der Waals surface area contributed by atoms with Gasteiger partial charge in [-0.25, -0.2) is 4.79 Å². The summed E-state index contributed by atoms with van der Waals surface area (Å²) in [6.07, 6.45) is 0. The average Bonchev–Trinajstić information content (AvgIpc) is 2.18. The van der Waals surface area contributed by atoms with Gasteiger partial charge in [-0.15, -0.1) is 0 Å². The van der Waals surface area contributed by atoms with Crippen molar-refractivity contribution in [3.05, 3.63) is 11.3 Å². The molecule has 0 aromatic carbocycles. The molecule has 0 aliphatic rings. The first-order valence-corrected chi connectivity index (χ1v) is 6.85. The van der Waals surface area contributed by atoms with E-state index in [1.54, 1.807) is 33.8 Å². The molecule has 0 radical (unpaired) electrons. The van der Waals surface area contributed by atoms with Crippen molar-refractivity contribution in [1.82, 2.24) is 0 Å². The molecule has 0 atom stereocenters. The van der Waals surface area contributed by atoms with Crippen LogP contribution in [-0.4, -0.2) is 35.4 Å². The first kappa shape index (κ1) is 13.3. The predicted molar refractivity (Wildman–Crippen MR) is 56.0 cm³/mol. The molecule has 0 aromatic heterocycles. The van der Waals surface area contributed by atoms with Crippen molar-refractivity contribution in [2.24, 2.45) is 0 Å². The van der Waals surface area contributed by atoms with Gasteiger partial charge in [-0.2, -0.15) is 0 Å². The maximum atomic E-state index is 11.3. The summed E-state index contributed by atoms with van der Waals surface area (Å²) in [5, 5.41) is 0. The Kier molecular flexibility index (Phi) is 5.67. The standard InChI is InChI=1S/C9H18O4Si/c1-6-13-9(10)8(2)7-14(5,11-3)12-4/h7H,6H2,1-5H3. The monoisotopic (exact) mass is 218 g/mol. The number of rotatable bonds is 5. The van der Waals surface area contributed by atoms with Crippen LogP contribution >= 0.6 is 0 Å². The maximum Gasteiger partial charge on any atom is 0.361 e. The van der Waals surface area contributed by atoms with Gasteiger partial charge in [0.25, 0.3) is 0 Å². The molecule has 0 aromatic rings. The van der Waals surface area contributed by atoms with Crippen molar-refractivity contribution < 1.29 is 18.4 Å². The Morgan fingerprint density at radius 3 is 2.21 bits per heavy atom. The SMILES string of the molecule is CCOC(=O)C(C)=C[Si](C)(OC)OC. The quantitative estimate of drug-likeness (QED) is 0.397. The lowest BCUT2D eigenvalue weighted by Gasteiger charge is -2.19. The van der Waals surface area contributed by atoms with E-state index in [9.17, 15) is 4.79 Å². The number of carbonyl (C=O) groups is 1. The van der Waals surface area contributed by atoms with Gasteiger partial charge in [0.2, 0.25) is 0 Å². The van der Waals surface area contributed by atoms with Crippen molar-refractivity contribution in [2.75, 3.05) is 20.8 Å². The summed E-state index contributed by atoms with van der Waals surface area (Å²) in [7, 11) is 0.833. The number of hydrogen-bond donors (Lipinski definition) is 0. The van der Waals surface area contributed by atoms with E-state index in [2.05, 4.69) is 0 Å². The predicted octanol–water partition coefficient (Wildman–Crippen LogP) is 1.40. The van der Waals surface area contributed by atoms with E-state index in [0.29, 0.717) is 12.2 Å². The normalized spacial score (nSPS) is 12.8. The van der Waals surface area contributed by atoms with E-state index in [-0.39, 0.29) is 5.97 Å². The summed E-state index contributed by atoms with van der Waals surface area (Å²) < 4.78 is 15.3. The smallest absolute Gasteiger partial charge is 0.361 e. The lowest BCUT2D eigenvalue weighted by atomic mass is 10.4. The highest BCUT2D eigenvalue weighted by atomic mass is 28.4. The molecule has 82 valence electrons. The molecular weight excluding hydrogens is 200 g/mol. The van der Waals surface area contributed by atoms with Gasteiger partial charge in [0.1, 0.15) is 0 Å². The maximum absolute atomic E-state index is 11.3. The Morgan fingerprint density at radius 1 is 1.36 bits per heavy atom. The van der Waals surface area contributed by atoms with Gasteiger partial charge in [0.05, 0.1) is 6.61 Å². The molecule has 0 saturated heterocycles. The van der Waals surface area contributed by atoms with Crippen LogP contribution in [0.15, 0.2) is 11.3 Å². The number of carbonyl (C=O) groups excluding carboxylic acids is 1. The molecule has 14 heavy (non-hydrogen) atoms. The Bertz CT molecular complexity index is 221. The summed E-state index contributed by atoms with van der Waals surface area (Å²) in [5.41, 5.74) is 2.26. The van der Waals surface area contributed by atoms with E-state index in [0.717, 1.165) is 0 Å². The van der Waals surface area contributed by atoms with Gasteiger partial charge in [-0.1, -0.05) is 0 Å². The molecule has 0 amide bonds. The number of ether oxygens (including phenoxy) is 1. The summed E-state index contributed by atoms with van der Waals surface area (Å²) in [4.78, 5) is 11.3. The van der Waals surface area contributed by atoms with Crippen LogP contribution in [0, 0.1) is 0 Å². The van der Waals surface area contributed by atoms with Gasteiger partial charge in [0, 0.05) is 19.8 Å². The van der Waals surface area contributed by atoms with Crippen LogP contribution in [0.3, 0.4) is 0 Å². The van der Waals surface area contributed by atoms with Crippen LogP contribution in [0.5, 0.6) is 0 Å². The number of hydrogen-bond acceptors (Lipinski definition) is 4. The molecule has 0 unspecified atom stereocenters. The molecule has 0 aliphatic carbocycles. The average molecular weight is 218 g/mol. The first-order valence-electron chi connectivity index (χ1n) is 4.46. The summed E-state index contributed by atoms with van der Waals surface area (Å²) in [5.74, 6) is -0.319. The second-order valence-corrected chi connectivity index (χ2v) is 6.11. The largest absolute Gasteiger partial charge is 0.463 e. The second kappa shape index (κ2) is 5.95. The summed E-state index contributed by atoms with van der Waals surface area (Å²) in [6.45, 7) is 5.70. The minimum absolute atomic E-state index is 0.319. The third-order valence-electron chi connectivity index (χ3n) is 1.89. The van der Waals surface area contributed by atoms with E-state index in [1.807, 2.05) is 6.55 Å². The Labute approximate surface area is 86.1 Å². The van der Waals surface area contributed by atoms with Crippen molar-refractivity contribution >= 4 is 14.5 Å². The molecule has 5 heteroatoms. The molecule has 0 spiro atoms. The lowest BCUT2D eigenvalue weighted by molar-refractivity contribution is -0.138. The highest BCUT2D eigenvalue weighted by Gasteiger charge is 2.27. The van der Waals surface area contributed by atoms with Gasteiger partial charge < -0.3 is 13.6 Å². The van der Waals surface area contributed by atoms with E-state index >= 15 is 0 Å². The molecular formula is C9H18O4Si. The topological polar surface area (TPSA) is 44.8 Å². The third kappa shape index (κ3) is 4.04. The van der Waals surface area contributed by atoms with E-state index < -0.39 is 8.56 Å². The van der Waals surface area contributed by atoms with E-state index in [1.165, 1.54) is 0 Å². The number of esters is 1. The molecule has 0 heterocycles. The zero-order chi connectivity index (χ0) is 11.2. The van der Waals surface area contributed by atoms with Gasteiger partial charge in [-0.05, 0) is 26.1 Å². The molecule has 0 fully saturated rings. The first-order chi connectivity index (χ1) is 6.49. The van der Waals surface area contributed by atoms with Crippen LogP contribution in [-0.2, 0) is 18.4 Å². The fraction of sp³-hybridized carbons (Fsp3) is 0.667. The fourth-order valence-electron chi connectivity index (χ4n) is 0.898. The second-order valence-electron chi connectivity index (χ2n) is 2.97. The van der Waals surface area contributed by atoms with Gasteiger partial charge in [0.15, 0.2) is 0 Å². The highest BCUT2D eigenvalue weighted by Crippen LogP contribution is 2.10. The molecule has 0 rings (SSSR count). The molecule has 0 N–H and O–H groups in total. The molecule has 0 saturated carbocycles. The van der Waals surface area contributed by atoms with Crippen LogP contribution in [0.25, 0.3) is 0 Å².